The Hall–Kier alpha value is -0.110. The lowest BCUT2D eigenvalue weighted by Gasteiger charge is -2.27. The van der Waals surface area contributed by atoms with Crippen LogP contribution in [0.5, 0.6) is 0 Å². The fourth-order valence-corrected chi connectivity index (χ4v) is 2.80. The highest BCUT2D eigenvalue weighted by atomic mass is 32.1. The van der Waals surface area contributed by atoms with Crippen LogP contribution in [0.25, 0.3) is 0 Å². The molecule has 15 heavy (non-hydrogen) atoms. The molecule has 0 aromatic carbocycles. The van der Waals surface area contributed by atoms with Gasteiger partial charge in [-0.1, -0.05) is 38.9 Å². The lowest BCUT2D eigenvalue weighted by atomic mass is 10.1. The van der Waals surface area contributed by atoms with E-state index in [1.807, 2.05) is 0 Å². The average Bonchev–Trinajstić information content (AvgIpc) is 2.65. The van der Waals surface area contributed by atoms with Crippen LogP contribution in [0.15, 0.2) is 0 Å². The van der Waals surface area contributed by atoms with Gasteiger partial charge >= 0.3 is 0 Å². The highest BCUT2D eigenvalue weighted by Gasteiger charge is 2.19. The summed E-state index contributed by atoms with van der Waals surface area (Å²) in [6, 6.07) is 0. The molecule has 0 bridgehead atoms. The fraction of sp³-hybridized carbons (Fsp3) is 0.846. The molecule has 1 aliphatic rings. The van der Waals surface area contributed by atoms with Crippen molar-refractivity contribution in [3.05, 3.63) is 6.92 Å². The van der Waals surface area contributed by atoms with Gasteiger partial charge in [-0.25, -0.2) is 0 Å². The average molecular weight is 226 g/mol. The molecule has 0 aliphatic heterocycles. The van der Waals surface area contributed by atoms with E-state index in [2.05, 4.69) is 25.7 Å². The largest absolute Gasteiger partial charge is 0.366 e. The quantitative estimate of drug-likeness (QED) is 0.658. The highest BCUT2D eigenvalue weighted by Crippen LogP contribution is 2.25. The Morgan fingerprint density at radius 1 is 1.40 bits per heavy atom. The predicted molar refractivity (Wildman–Crippen MR) is 70.9 cm³/mol. The van der Waals surface area contributed by atoms with Gasteiger partial charge in [-0.15, -0.1) is 0 Å². The van der Waals surface area contributed by atoms with Crippen molar-refractivity contribution in [1.29, 1.82) is 0 Å². The van der Waals surface area contributed by atoms with Crippen LogP contribution in [0.4, 0.5) is 0 Å². The Labute approximate surface area is 100 Å². The summed E-state index contributed by atoms with van der Waals surface area (Å²) in [5.41, 5.74) is 0. The normalized spacial score (nSPS) is 17.3. The van der Waals surface area contributed by atoms with Crippen molar-refractivity contribution in [2.24, 2.45) is 11.8 Å². The third kappa shape index (κ3) is 4.50. The van der Waals surface area contributed by atoms with Crippen LogP contribution in [-0.2, 0) is 0 Å². The molecule has 1 saturated carbocycles. The van der Waals surface area contributed by atoms with Gasteiger partial charge in [-0.05, 0) is 31.6 Å². The molecule has 0 N–H and O–H groups in total. The lowest BCUT2D eigenvalue weighted by Crippen LogP contribution is -2.34. The summed E-state index contributed by atoms with van der Waals surface area (Å²) in [5.74, 6) is 1.53. The second kappa shape index (κ2) is 6.47. The summed E-state index contributed by atoms with van der Waals surface area (Å²) in [6.07, 6.45) is 6.64. The zero-order valence-electron chi connectivity index (χ0n) is 10.2. The molecule has 0 atom stereocenters. The molecule has 0 aromatic heterocycles. The van der Waals surface area contributed by atoms with Crippen molar-refractivity contribution in [2.45, 2.75) is 46.0 Å². The van der Waals surface area contributed by atoms with E-state index in [1.165, 1.54) is 25.7 Å². The number of rotatable bonds is 5. The van der Waals surface area contributed by atoms with E-state index in [4.69, 9.17) is 12.2 Å². The van der Waals surface area contributed by atoms with Crippen molar-refractivity contribution in [3.8, 4) is 0 Å². The first-order valence-corrected chi connectivity index (χ1v) is 6.61. The summed E-state index contributed by atoms with van der Waals surface area (Å²) in [7, 11) is 0. The van der Waals surface area contributed by atoms with Crippen LogP contribution in [0.1, 0.15) is 46.0 Å². The van der Waals surface area contributed by atoms with Gasteiger partial charge in [-0.2, -0.15) is 0 Å². The van der Waals surface area contributed by atoms with Crippen LogP contribution in [0, 0.1) is 18.8 Å². The molecule has 0 heterocycles. The van der Waals surface area contributed by atoms with Crippen LogP contribution >= 0.6 is 12.2 Å². The third-order valence-corrected chi connectivity index (χ3v) is 3.58. The highest BCUT2D eigenvalue weighted by molar-refractivity contribution is 7.80. The van der Waals surface area contributed by atoms with E-state index in [0.29, 0.717) is 5.92 Å². The van der Waals surface area contributed by atoms with Crippen molar-refractivity contribution < 1.29 is 0 Å². The number of thiocarbonyl (C=S) groups is 1. The Balaban J connectivity index is 2.36. The summed E-state index contributed by atoms with van der Waals surface area (Å²) < 4.78 is 0. The van der Waals surface area contributed by atoms with E-state index in [9.17, 15) is 0 Å². The van der Waals surface area contributed by atoms with Crippen molar-refractivity contribution in [2.75, 3.05) is 13.1 Å². The first-order chi connectivity index (χ1) is 7.13. The second-order valence-electron chi connectivity index (χ2n) is 5.09. The van der Waals surface area contributed by atoms with E-state index < -0.39 is 0 Å². The van der Waals surface area contributed by atoms with Gasteiger partial charge < -0.3 is 4.90 Å². The lowest BCUT2D eigenvalue weighted by molar-refractivity contribution is 0.360. The molecule has 2 heteroatoms. The Morgan fingerprint density at radius 2 is 2.00 bits per heavy atom. The molecule has 1 radical (unpaired) electrons. The number of hydrogen-bond donors (Lipinski definition) is 0. The number of hydrogen-bond acceptors (Lipinski definition) is 1. The molecule has 0 unspecified atom stereocenters. The van der Waals surface area contributed by atoms with Gasteiger partial charge in [0.15, 0.2) is 0 Å². The van der Waals surface area contributed by atoms with E-state index in [1.54, 1.807) is 0 Å². The minimum Gasteiger partial charge on any atom is -0.366 e. The Morgan fingerprint density at radius 3 is 2.47 bits per heavy atom. The summed E-state index contributed by atoms with van der Waals surface area (Å²) in [5, 5.41) is 0. The first-order valence-electron chi connectivity index (χ1n) is 6.20. The van der Waals surface area contributed by atoms with Crippen LogP contribution in [0.3, 0.4) is 0 Å². The SMILES string of the molecule is [CH2]CN(CC1CCCC1)C(=S)CC(C)C. The molecular formula is C13H24NS. The summed E-state index contributed by atoms with van der Waals surface area (Å²) in [4.78, 5) is 3.43. The van der Waals surface area contributed by atoms with E-state index >= 15 is 0 Å². The summed E-state index contributed by atoms with van der Waals surface area (Å²) in [6.45, 7) is 10.4. The molecule has 87 valence electrons. The maximum Gasteiger partial charge on any atom is 0.0781 e. The second-order valence-corrected chi connectivity index (χ2v) is 5.56. The van der Waals surface area contributed by atoms with E-state index in [-0.39, 0.29) is 0 Å². The van der Waals surface area contributed by atoms with Gasteiger partial charge in [0.05, 0.1) is 4.99 Å². The predicted octanol–water partition coefficient (Wildman–Crippen LogP) is 3.69. The molecule has 0 amide bonds. The molecule has 1 nitrogen and oxygen atoms in total. The molecule has 1 aliphatic carbocycles. The standard InChI is InChI=1S/C13H24NS/c1-4-14(13(15)9-11(2)3)10-12-7-5-6-8-12/h11-12H,1,4-10H2,2-3H3. The Kier molecular flexibility index (Phi) is 5.59. The van der Waals surface area contributed by atoms with Crippen molar-refractivity contribution in [1.82, 2.24) is 4.90 Å². The minimum absolute atomic E-state index is 0.662. The van der Waals surface area contributed by atoms with Crippen LogP contribution < -0.4 is 0 Å². The minimum atomic E-state index is 0.662. The topological polar surface area (TPSA) is 3.24 Å². The first kappa shape index (κ1) is 13.0. The van der Waals surface area contributed by atoms with Crippen LogP contribution in [0.2, 0.25) is 0 Å². The van der Waals surface area contributed by atoms with Gasteiger partial charge in [0, 0.05) is 19.5 Å². The van der Waals surface area contributed by atoms with Crippen molar-refractivity contribution in [3.63, 3.8) is 0 Å². The van der Waals surface area contributed by atoms with E-state index in [0.717, 1.165) is 30.4 Å². The van der Waals surface area contributed by atoms with Gasteiger partial charge in [0.25, 0.3) is 0 Å². The third-order valence-electron chi connectivity index (χ3n) is 3.16. The van der Waals surface area contributed by atoms with Gasteiger partial charge in [-0.3, -0.25) is 0 Å². The maximum atomic E-state index is 5.47. The van der Waals surface area contributed by atoms with Gasteiger partial charge in [0.2, 0.25) is 0 Å². The molecule has 0 spiro atoms. The summed E-state index contributed by atoms with van der Waals surface area (Å²) >= 11 is 5.47. The zero-order chi connectivity index (χ0) is 11.3. The van der Waals surface area contributed by atoms with Gasteiger partial charge in [0.1, 0.15) is 0 Å². The molecule has 0 aromatic rings. The monoisotopic (exact) mass is 226 g/mol. The smallest absolute Gasteiger partial charge is 0.0781 e. The number of nitrogens with zero attached hydrogens (tertiary/aromatic N) is 1. The molecule has 0 saturated heterocycles. The molecule has 1 fully saturated rings. The fourth-order valence-electron chi connectivity index (χ4n) is 2.30. The molecular weight excluding hydrogens is 202 g/mol. The Bertz CT molecular complexity index is 195. The molecule has 1 rings (SSSR count). The van der Waals surface area contributed by atoms with Crippen LogP contribution in [-0.4, -0.2) is 23.0 Å². The maximum absolute atomic E-state index is 5.47. The van der Waals surface area contributed by atoms with Crippen molar-refractivity contribution >= 4 is 17.2 Å². The zero-order valence-corrected chi connectivity index (χ0v) is 11.0.